The molecule has 0 heterocycles. The Hall–Kier alpha value is -2.78. The molecular weight excluding hydrogens is 382 g/mol. The fourth-order valence-electron chi connectivity index (χ4n) is 2.94. The lowest BCUT2D eigenvalue weighted by Gasteiger charge is -2.22. The number of benzene rings is 2. The summed E-state index contributed by atoms with van der Waals surface area (Å²) in [5.41, 5.74) is 1.42. The zero-order chi connectivity index (χ0) is 20.5. The number of nitrogens with one attached hydrogen (secondary N) is 1. The summed E-state index contributed by atoms with van der Waals surface area (Å²) < 4.78 is 27.7. The van der Waals surface area contributed by atoms with E-state index < -0.39 is 14.9 Å². The van der Waals surface area contributed by atoms with Gasteiger partial charge < -0.3 is 5.32 Å². The van der Waals surface area contributed by atoms with Gasteiger partial charge in [0.05, 0.1) is 9.82 Å². The first-order chi connectivity index (χ1) is 13.2. The van der Waals surface area contributed by atoms with Crippen molar-refractivity contribution in [1.82, 2.24) is 9.62 Å². The Bertz CT molecular complexity index is 1010. The first kappa shape index (κ1) is 20.0. The van der Waals surface area contributed by atoms with Crippen LogP contribution in [0.2, 0.25) is 0 Å². The molecule has 0 unspecified atom stereocenters. The van der Waals surface area contributed by atoms with E-state index in [9.17, 15) is 23.3 Å². The summed E-state index contributed by atoms with van der Waals surface area (Å²) in [6, 6.07) is 10.6. The smallest absolute Gasteiger partial charge is 0.273 e. The second-order valence-electron chi connectivity index (χ2n) is 6.76. The average Bonchev–Trinajstić information content (AvgIpc) is 3.50. The normalized spacial score (nSPS) is 14.1. The summed E-state index contributed by atoms with van der Waals surface area (Å²) in [4.78, 5) is 22.2. The number of aryl methyl sites for hydroxylation is 1. The Kier molecular flexibility index (Phi) is 5.48. The molecule has 0 aliphatic heterocycles. The number of nitrogens with zero attached hydrogens (tertiary/aromatic N) is 2. The summed E-state index contributed by atoms with van der Waals surface area (Å²) in [6.45, 7) is 1.71. The number of nitro benzene ring substituents is 1. The van der Waals surface area contributed by atoms with Crippen LogP contribution in [-0.2, 0) is 16.6 Å². The molecule has 28 heavy (non-hydrogen) atoms. The lowest BCUT2D eigenvalue weighted by Crippen LogP contribution is -2.32. The van der Waals surface area contributed by atoms with Gasteiger partial charge in [0, 0.05) is 36.8 Å². The highest BCUT2D eigenvalue weighted by atomic mass is 32.2. The molecule has 0 atom stereocenters. The van der Waals surface area contributed by atoms with Crippen LogP contribution in [0.3, 0.4) is 0 Å². The maximum absolute atomic E-state index is 13.2. The van der Waals surface area contributed by atoms with Gasteiger partial charge in [0.15, 0.2) is 0 Å². The maximum atomic E-state index is 13.2. The Morgan fingerprint density at radius 1 is 1.21 bits per heavy atom. The van der Waals surface area contributed by atoms with E-state index in [0.717, 1.165) is 24.5 Å². The quantitative estimate of drug-likeness (QED) is 0.564. The third-order valence-corrected chi connectivity index (χ3v) is 6.61. The average molecular weight is 403 g/mol. The third kappa shape index (κ3) is 4.05. The molecule has 0 aromatic heterocycles. The predicted octanol–water partition coefficient (Wildman–Crippen LogP) is 2.62. The number of nitro groups is 1. The zero-order valence-corrected chi connectivity index (χ0v) is 16.4. The van der Waals surface area contributed by atoms with Crippen molar-refractivity contribution in [3.63, 3.8) is 0 Å². The molecule has 2 aromatic rings. The van der Waals surface area contributed by atoms with E-state index >= 15 is 0 Å². The van der Waals surface area contributed by atoms with E-state index in [1.165, 1.54) is 16.4 Å². The van der Waals surface area contributed by atoms with E-state index in [1.54, 1.807) is 38.2 Å². The lowest BCUT2D eigenvalue weighted by molar-refractivity contribution is -0.385. The number of hydrogen-bond donors (Lipinski definition) is 1. The molecule has 0 radical (unpaired) electrons. The largest absolute Gasteiger partial charge is 0.355 e. The zero-order valence-electron chi connectivity index (χ0n) is 15.6. The van der Waals surface area contributed by atoms with Gasteiger partial charge in [-0.25, -0.2) is 8.42 Å². The van der Waals surface area contributed by atoms with Crippen LogP contribution < -0.4 is 5.32 Å². The van der Waals surface area contributed by atoms with Crippen LogP contribution in [0.25, 0.3) is 0 Å². The van der Waals surface area contributed by atoms with Crippen molar-refractivity contribution >= 4 is 21.6 Å². The number of hydrogen-bond acceptors (Lipinski definition) is 5. The molecule has 1 aliphatic rings. The Balaban J connectivity index is 1.91. The van der Waals surface area contributed by atoms with Crippen molar-refractivity contribution in [3.8, 4) is 0 Å². The number of carbonyl (C=O) groups excluding carboxylic acids is 1. The van der Waals surface area contributed by atoms with E-state index in [2.05, 4.69) is 5.32 Å². The number of carbonyl (C=O) groups is 1. The molecule has 1 saturated carbocycles. The van der Waals surface area contributed by atoms with Crippen molar-refractivity contribution < 1.29 is 18.1 Å². The van der Waals surface area contributed by atoms with Crippen LogP contribution in [-0.4, -0.2) is 36.6 Å². The van der Waals surface area contributed by atoms with Gasteiger partial charge in [0.2, 0.25) is 10.0 Å². The minimum absolute atomic E-state index is 0.0846. The minimum atomic E-state index is -3.89. The number of amides is 1. The van der Waals surface area contributed by atoms with Gasteiger partial charge in [-0.15, -0.1) is 0 Å². The van der Waals surface area contributed by atoms with Crippen molar-refractivity contribution in [1.29, 1.82) is 0 Å². The second kappa shape index (κ2) is 7.69. The molecule has 0 spiro atoms. The monoisotopic (exact) mass is 403 g/mol. The SMILES string of the molecule is CNC(=O)c1ccc(CN(C2CC2)S(=O)(=O)c2ccc(C)c([N+](=O)[O-])c2)cc1. The van der Waals surface area contributed by atoms with Crippen LogP contribution in [0.4, 0.5) is 5.69 Å². The van der Waals surface area contributed by atoms with Gasteiger partial charge in [-0.05, 0) is 43.5 Å². The van der Waals surface area contributed by atoms with Crippen molar-refractivity contribution in [2.45, 2.75) is 37.2 Å². The molecular formula is C19H21N3O5S. The molecule has 8 nitrogen and oxygen atoms in total. The molecule has 2 aromatic carbocycles. The second-order valence-corrected chi connectivity index (χ2v) is 8.65. The lowest BCUT2D eigenvalue weighted by atomic mass is 10.1. The highest BCUT2D eigenvalue weighted by Crippen LogP contribution is 2.34. The van der Waals surface area contributed by atoms with Crippen molar-refractivity contribution in [2.75, 3.05) is 7.05 Å². The van der Waals surface area contributed by atoms with Crippen LogP contribution >= 0.6 is 0 Å². The Morgan fingerprint density at radius 3 is 2.39 bits per heavy atom. The van der Waals surface area contributed by atoms with Crippen molar-refractivity contribution in [3.05, 3.63) is 69.3 Å². The summed E-state index contributed by atoms with van der Waals surface area (Å²) in [7, 11) is -2.35. The first-order valence-corrected chi connectivity index (χ1v) is 10.3. The van der Waals surface area contributed by atoms with Gasteiger partial charge in [-0.3, -0.25) is 14.9 Å². The molecule has 3 rings (SSSR count). The summed E-state index contributed by atoms with van der Waals surface area (Å²) in [6.07, 6.45) is 1.51. The Morgan fingerprint density at radius 2 is 1.86 bits per heavy atom. The Labute approximate surface area is 163 Å². The molecule has 0 saturated heterocycles. The maximum Gasteiger partial charge on any atom is 0.273 e. The van der Waals surface area contributed by atoms with E-state index in [0.29, 0.717) is 11.1 Å². The molecule has 148 valence electrons. The van der Waals surface area contributed by atoms with Gasteiger partial charge >= 0.3 is 0 Å². The molecule has 1 aliphatic carbocycles. The molecule has 9 heteroatoms. The van der Waals surface area contributed by atoms with Gasteiger partial charge in [-0.2, -0.15) is 4.31 Å². The van der Waals surface area contributed by atoms with Crippen LogP contribution in [0.5, 0.6) is 0 Å². The van der Waals surface area contributed by atoms with Crippen LogP contribution in [0.1, 0.15) is 34.3 Å². The van der Waals surface area contributed by atoms with Crippen LogP contribution in [0, 0.1) is 17.0 Å². The first-order valence-electron chi connectivity index (χ1n) is 8.82. The van der Waals surface area contributed by atoms with Gasteiger partial charge in [0.1, 0.15) is 0 Å². The number of sulfonamides is 1. The van der Waals surface area contributed by atoms with E-state index in [-0.39, 0.29) is 29.1 Å². The predicted molar refractivity (Wildman–Crippen MR) is 103 cm³/mol. The fraction of sp³-hybridized carbons (Fsp3) is 0.316. The van der Waals surface area contributed by atoms with E-state index in [4.69, 9.17) is 0 Å². The fourth-order valence-corrected chi connectivity index (χ4v) is 4.63. The third-order valence-electron chi connectivity index (χ3n) is 4.72. The summed E-state index contributed by atoms with van der Waals surface area (Å²) in [5.74, 6) is -0.217. The molecule has 0 bridgehead atoms. The minimum Gasteiger partial charge on any atom is -0.355 e. The highest BCUT2D eigenvalue weighted by molar-refractivity contribution is 7.89. The van der Waals surface area contributed by atoms with E-state index in [1.807, 2.05) is 0 Å². The van der Waals surface area contributed by atoms with Crippen molar-refractivity contribution in [2.24, 2.45) is 0 Å². The standard InChI is InChI=1S/C19H21N3O5S/c1-13-3-10-17(11-18(13)22(24)25)28(26,27)21(16-8-9-16)12-14-4-6-15(7-5-14)19(23)20-2/h3-7,10-11,16H,8-9,12H2,1-2H3,(H,20,23). The molecule has 1 amide bonds. The molecule has 1 fully saturated rings. The summed E-state index contributed by atoms with van der Waals surface area (Å²) >= 11 is 0. The number of rotatable bonds is 7. The molecule has 1 N–H and O–H groups in total. The van der Waals surface area contributed by atoms with Gasteiger partial charge in [-0.1, -0.05) is 18.2 Å². The van der Waals surface area contributed by atoms with Gasteiger partial charge in [0.25, 0.3) is 11.6 Å². The highest BCUT2D eigenvalue weighted by Gasteiger charge is 2.38. The topological polar surface area (TPSA) is 110 Å². The summed E-state index contributed by atoms with van der Waals surface area (Å²) in [5, 5.41) is 13.7. The van der Waals surface area contributed by atoms with Crippen LogP contribution in [0.15, 0.2) is 47.4 Å².